The van der Waals surface area contributed by atoms with Crippen LogP contribution in [0, 0.1) is 13.8 Å². The molecule has 2 aromatic rings. The molecule has 1 aromatic carbocycles. The minimum Gasteiger partial charge on any atom is -0.461 e. The van der Waals surface area contributed by atoms with Crippen molar-refractivity contribution >= 4 is 17.3 Å². The van der Waals surface area contributed by atoms with E-state index in [4.69, 9.17) is 4.74 Å². The van der Waals surface area contributed by atoms with Crippen LogP contribution >= 0.6 is 11.3 Å². The highest BCUT2D eigenvalue weighted by Crippen LogP contribution is 2.28. The molecule has 0 fully saturated rings. The van der Waals surface area contributed by atoms with Gasteiger partial charge in [0, 0.05) is 10.4 Å². The Labute approximate surface area is 110 Å². The summed E-state index contributed by atoms with van der Waals surface area (Å²) in [5, 5.41) is 0.857. The highest BCUT2D eigenvalue weighted by Gasteiger charge is 2.16. The number of hydrogen-bond donors (Lipinski definition) is 0. The minimum atomic E-state index is -0.343. The van der Waals surface area contributed by atoms with Crippen LogP contribution in [0.2, 0.25) is 0 Å². The summed E-state index contributed by atoms with van der Waals surface area (Å²) >= 11 is 1.52. The average molecular weight is 261 g/mol. The van der Waals surface area contributed by atoms with E-state index in [2.05, 4.69) is 4.98 Å². The Balaban J connectivity index is 2.34. The van der Waals surface area contributed by atoms with Crippen LogP contribution in [0.25, 0.3) is 10.6 Å². The van der Waals surface area contributed by atoms with Gasteiger partial charge in [0.1, 0.15) is 5.01 Å². The number of aryl methyl sites for hydroxylation is 2. The number of carbonyl (C=O) groups excluding carboxylic acids is 1. The predicted molar refractivity (Wildman–Crippen MR) is 73.0 cm³/mol. The van der Waals surface area contributed by atoms with E-state index in [0.717, 1.165) is 15.4 Å². The molecule has 18 heavy (non-hydrogen) atoms. The van der Waals surface area contributed by atoms with Gasteiger partial charge in [0.25, 0.3) is 0 Å². The zero-order valence-electron chi connectivity index (χ0n) is 10.7. The average Bonchev–Trinajstić information content (AvgIpc) is 2.72. The van der Waals surface area contributed by atoms with E-state index in [1.165, 1.54) is 16.9 Å². The van der Waals surface area contributed by atoms with E-state index in [9.17, 15) is 4.79 Å². The van der Waals surface area contributed by atoms with Gasteiger partial charge in [-0.1, -0.05) is 29.8 Å². The van der Waals surface area contributed by atoms with E-state index in [-0.39, 0.29) is 5.97 Å². The van der Waals surface area contributed by atoms with Crippen molar-refractivity contribution in [1.29, 1.82) is 0 Å². The maximum atomic E-state index is 11.7. The summed E-state index contributed by atoms with van der Waals surface area (Å²) in [6.45, 7) is 6.10. The quantitative estimate of drug-likeness (QED) is 0.792. The standard InChI is InChI=1S/C14H15NO2S/c1-4-17-14(16)12-10(3)18-13(15-12)11-7-5-9(2)6-8-11/h5-8H,4H2,1-3H3. The Morgan fingerprint density at radius 1 is 1.28 bits per heavy atom. The predicted octanol–water partition coefficient (Wildman–Crippen LogP) is 3.60. The number of thiazole rings is 1. The number of rotatable bonds is 3. The third kappa shape index (κ3) is 2.59. The summed E-state index contributed by atoms with van der Waals surface area (Å²) in [6.07, 6.45) is 0. The first-order valence-electron chi connectivity index (χ1n) is 5.83. The third-order valence-corrected chi connectivity index (χ3v) is 3.58. The molecule has 2 rings (SSSR count). The largest absolute Gasteiger partial charge is 0.461 e. The molecule has 0 saturated heterocycles. The number of carbonyl (C=O) groups is 1. The van der Waals surface area contributed by atoms with Crippen molar-refractivity contribution in [1.82, 2.24) is 4.98 Å². The summed E-state index contributed by atoms with van der Waals surface area (Å²) in [5.74, 6) is -0.343. The highest BCUT2D eigenvalue weighted by molar-refractivity contribution is 7.15. The molecule has 0 saturated carbocycles. The van der Waals surface area contributed by atoms with Gasteiger partial charge in [-0.15, -0.1) is 11.3 Å². The lowest BCUT2D eigenvalue weighted by Gasteiger charge is -1.98. The summed E-state index contributed by atoms with van der Waals surface area (Å²) in [5.41, 5.74) is 2.67. The molecule has 1 heterocycles. The zero-order chi connectivity index (χ0) is 13.1. The Morgan fingerprint density at radius 2 is 1.94 bits per heavy atom. The lowest BCUT2D eigenvalue weighted by Crippen LogP contribution is -2.06. The molecule has 0 bridgehead atoms. The van der Waals surface area contributed by atoms with E-state index in [0.29, 0.717) is 12.3 Å². The van der Waals surface area contributed by atoms with Crippen LogP contribution in [-0.2, 0) is 4.74 Å². The first kappa shape index (κ1) is 12.8. The van der Waals surface area contributed by atoms with Gasteiger partial charge in [0.2, 0.25) is 0 Å². The van der Waals surface area contributed by atoms with Crippen LogP contribution in [0.5, 0.6) is 0 Å². The number of esters is 1. The van der Waals surface area contributed by atoms with Gasteiger partial charge < -0.3 is 4.74 Å². The van der Waals surface area contributed by atoms with E-state index >= 15 is 0 Å². The number of nitrogens with zero attached hydrogens (tertiary/aromatic N) is 1. The van der Waals surface area contributed by atoms with Gasteiger partial charge in [-0.3, -0.25) is 0 Å². The van der Waals surface area contributed by atoms with Crippen LogP contribution in [0.4, 0.5) is 0 Å². The molecule has 0 aliphatic carbocycles. The molecule has 0 aliphatic rings. The lowest BCUT2D eigenvalue weighted by atomic mass is 10.2. The molecular weight excluding hydrogens is 246 g/mol. The van der Waals surface area contributed by atoms with Crippen molar-refractivity contribution in [2.45, 2.75) is 20.8 Å². The Morgan fingerprint density at radius 3 is 2.56 bits per heavy atom. The molecule has 0 atom stereocenters. The fourth-order valence-electron chi connectivity index (χ4n) is 1.60. The Kier molecular flexibility index (Phi) is 3.77. The summed E-state index contributed by atoms with van der Waals surface area (Å²) in [6, 6.07) is 8.11. The second-order valence-corrected chi connectivity index (χ2v) is 5.21. The molecular formula is C14H15NO2S. The smallest absolute Gasteiger partial charge is 0.358 e. The van der Waals surface area contributed by atoms with Gasteiger partial charge in [0.15, 0.2) is 5.69 Å². The van der Waals surface area contributed by atoms with Gasteiger partial charge in [0.05, 0.1) is 6.61 Å². The monoisotopic (exact) mass is 261 g/mol. The summed E-state index contributed by atoms with van der Waals surface area (Å²) in [7, 11) is 0. The first-order chi connectivity index (χ1) is 8.61. The number of hydrogen-bond acceptors (Lipinski definition) is 4. The number of ether oxygens (including phenoxy) is 1. The molecule has 0 radical (unpaired) electrons. The van der Waals surface area contributed by atoms with E-state index in [1.807, 2.05) is 38.1 Å². The fourth-order valence-corrected chi connectivity index (χ4v) is 2.51. The van der Waals surface area contributed by atoms with Crippen LogP contribution in [0.3, 0.4) is 0 Å². The fraction of sp³-hybridized carbons (Fsp3) is 0.286. The van der Waals surface area contributed by atoms with Crippen molar-refractivity contribution in [2.75, 3.05) is 6.61 Å². The number of aromatic nitrogens is 1. The van der Waals surface area contributed by atoms with Crippen molar-refractivity contribution < 1.29 is 9.53 Å². The normalized spacial score (nSPS) is 10.4. The maximum absolute atomic E-state index is 11.7. The lowest BCUT2D eigenvalue weighted by molar-refractivity contribution is 0.0519. The highest BCUT2D eigenvalue weighted by atomic mass is 32.1. The van der Waals surface area contributed by atoms with Crippen LogP contribution in [0.15, 0.2) is 24.3 Å². The van der Waals surface area contributed by atoms with Gasteiger partial charge >= 0.3 is 5.97 Å². The molecule has 0 amide bonds. The van der Waals surface area contributed by atoms with Crippen molar-refractivity contribution in [2.24, 2.45) is 0 Å². The SMILES string of the molecule is CCOC(=O)c1nc(-c2ccc(C)cc2)sc1C. The van der Waals surface area contributed by atoms with Gasteiger partial charge in [-0.05, 0) is 20.8 Å². The Hall–Kier alpha value is -1.68. The molecule has 0 spiro atoms. The Bertz CT molecular complexity index is 558. The number of benzene rings is 1. The van der Waals surface area contributed by atoms with Crippen LogP contribution < -0.4 is 0 Å². The van der Waals surface area contributed by atoms with Gasteiger partial charge in [-0.2, -0.15) is 0 Å². The molecule has 3 nitrogen and oxygen atoms in total. The van der Waals surface area contributed by atoms with Crippen molar-refractivity contribution in [3.63, 3.8) is 0 Å². The first-order valence-corrected chi connectivity index (χ1v) is 6.65. The third-order valence-electron chi connectivity index (χ3n) is 2.56. The molecule has 94 valence electrons. The molecule has 1 aromatic heterocycles. The summed E-state index contributed by atoms with van der Waals surface area (Å²) < 4.78 is 4.98. The zero-order valence-corrected chi connectivity index (χ0v) is 11.5. The van der Waals surface area contributed by atoms with Crippen molar-refractivity contribution in [3.05, 3.63) is 40.4 Å². The van der Waals surface area contributed by atoms with E-state index < -0.39 is 0 Å². The van der Waals surface area contributed by atoms with Crippen molar-refractivity contribution in [3.8, 4) is 10.6 Å². The summed E-state index contributed by atoms with van der Waals surface area (Å²) in [4.78, 5) is 17.0. The second-order valence-electron chi connectivity index (χ2n) is 4.01. The molecule has 0 aliphatic heterocycles. The molecule has 0 unspecified atom stereocenters. The second kappa shape index (κ2) is 5.31. The van der Waals surface area contributed by atoms with Crippen LogP contribution in [-0.4, -0.2) is 17.6 Å². The topological polar surface area (TPSA) is 39.2 Å². The van der Waals surface area contributed by atoms with E-state index in [1.54, 1.807) is 6.92 Å². The minimum absolute atomic E-state index is 0.343. The van der Waals surface area contributed by atoms with Gasteiger partial charge in [-0.25, -0.2) is 9.78 Å². The maximum Gasteiger partial charge on any atom is 0.358 e. The molecule has 4 heteroatoms. The van der Waals surface area contributed by atoms with Crippen LogP contribution in [0.1, 0.15) is 27.9 Å². The molecule has 0 N–H and O–H groups in total.